The van der Waals surface area contributed by atoms with Crippen LogP contribution in [0, 0.1) is 11.8 Å². The normalized spacial score (nSPS) is 22.4. The maximum atomic E-state index is 11.4. The Kier molecular flexibility index (Phi) is 6.12. The quantitative estimate of drug-likeness (QED) is 0.550. The fraction of sp³-hybridized carbons (Fsp3) is 0.846. The Labute approximate surface area is 107 Å². The molecular weight excluding hydrogens is 236 g/mol. The molecule has 18 heavy (non-hydrogen) atoms. The molecule has 0 aliphatic carbocycles. The molecule has 1 saturated heterocycles. The van der Waals surface area contributed by atoms with Crippen molar-refractivity contribution in [3.63, 3.8) is 0 Å². The van der Waals surface area contributed by atoms with Crippen molar-refractivity contribution >= 4 is 11.9 Å². The molecule has 0 amide bonds. The van der Waals surface area contributed by atoms with E-state index in [0.29, 0.717) is 32.5 Å². The topological polar surface area (TPSA) is 72.8 Å². The third-order valence-corrected chi connectivity index (χ3v) is 3.34. The van der Waals surface area contributed by atoms with E-state index in [9.17, 15) is 14.7 Å². The SMILES string of the molecule is CCC(C)C(=O)OCCCC(O)C1CCOC1=O. The molecule has 5 heteroatoms. The number of ether oxygens (including phenoxy) is 2. The second-order valence-corrected chi connectivity index (χ2v) is 4.75. The Balaban J connectivity index is 2.14. The Morgan fingerprint density at radius 2 is 2.33 bits per heavy atom. The van der Waals surface area contributed by atoms with E-state index in [-0.39, 0.29) is 17.9 Å². The Morgan fingerprint density at radius 1 is 1.61 bits per heavy atom. The van der Waals surface area contributed by atoms with Gasteiger partial charge in [-0.2, -0.15) is 0 Å². The first-order valence-electron chi connectivity index (χ1n) is 6.57. The van der Waals surface area contributed by atoms with E-state index in [1.54, 1.807) is 0 Å². The fourth-order valence-electron chi connectivity index (χ4n) is 1.84. The third kappa shape index (κ3) is 4.29. The lowest BCUT2D eigenvalue weighted by Gasteiger charge is -2.14. The second-order valence-electron chi connectivity index (χ2n) is 4.75. The summed E-state index contributed by atoms with van der Waals surface area (Å²) in [5, 5.41) is 9.80. The van der Waals surface area contributed by atoms with Crippen LogP contribution in [0.5, 0.6) is 0 Å². The Hall–Kier alpha value is -1.10. The van der Waals surface area contributed by atoms with Gasteiger partial charge in [0.2, 0.25) is 0 Å². The third-order valence-electron chi connectivity index (χ3n) is 3.34. The summed E-state index contributed by atoms with van der Waals surface area (Å²) in [4.78, 5) is 22.6. The molecule has 0 aromatic heterocycles. The number of esters is 2. The summed E-state index contributed by atoms with van der Waals surface area (Å²) in [6.45, 7) is 4.44. The summed E-state index contributed by atoms with van der Waals surface area (Å²) >= 11 is 0. The van der Waals surface area contributed by atoms with E-state index < -0.39 is 12.0 Å². The monoisotopic (exact) mass is 258 g/mol. The Bertz CT molecular complexity index is 289. The zero-order valence-electron chi connectivity index (χ0n) is 11.1. The summed E-state index contributed by atoms with van der Waals surface area (Å²) < 4.78 is 9.86. The van der Waals surface area contributed by atoms with E-state index >= 15 is 0 Å². The highest BCUT2D eigenvalue weighted by molar-refractivity contribution is 5.74. The van der Waals surface area contributed by atoms with Gasteiger partial charge in [-0.15, -0.1) is 0 Å². The van der Waals surface area contributed by atoms with Gasteiger partial charge in [0.25, 0.3) is 0 Å². The van der Waals surface area contributed by atoms with Gasteiger partial charge in [0.05, 0.1) is 31.2 Å². The number of carbonyl (C=O) groups excluding carboxylic acids is 2. The molecule has 3 unspecified atom stereocenters. The number of rotatable bonds is 7. The van der Waals surface area contributed by atoms with Crippen molar-refractivity contribution in [1.82, 2.24) is 0 Å². The number of aliphatic hydroxyl groups is 1. The molecule has 5 nitrogen and oxygen atoms in total. The predicted molar refractivity (Wildman–Crippen MR) is 64.7 cm³/mol. The number of hydrogen-bond acceptors (Lipinski definition) is 5. The molecule has 1 N–H and O–H groups in total. The van der Waals surface area contributed by atoms with E-state index in [2.05, 4.69) is 0 Å². The smallest absolute Gasteiger partial charge is 0.311 e. The molecule has 0 spiro atoms. The molecule has 3 atom stereocenters. The number of carbonyl (C=O) groups is 2. The van der Waals surface area contributed by atoms with Gasteiger partial charge in [-0.25, -0.2) is 0 Å². The van der Waals surface area contributed by atoms with Crippen LogP contribution < -0.4 is 0 Å². The molecule has 1 aliphatic heterocycles. The number of aliphatic hydroxyl groups excluding tert-OH is 1. The van der Waals surface area contributed by atoms with E-state index in [4.69, 9.17) is 9.47 Å². The van der Waals surface area contributed by atoms with Crippen LogP contribution >= 0.6 is 0 Å². The standard InChI is InChI=1S/C13H22O5/c1-3-9(2)12(15)17-7-4-5-11(14)10-6-8-18-13(10)16/h9-11,14H,3-8H2,1-2H3. The summed E-state index contributed by atoms with van der Waals surface area (Å²) in [7, 11) is 0. The van der Waals surface area contributed by atoms with E-state index in [0.717, 1.165) is 6.42 Å². The molecule has 0 aromatic rings. The molecule has 1 fully saturated rings. The first kappa shape index (κ1) is 15.0. The average molecular weight is 258 g/mol. The first-order chi connectivity index (χ1) is 8.56. The summed E-state index contributed by atoms with van der Waals surface area (Å²) in [5.41, 5.74) is 0. The summed E-state index contributed by atoms with van der Waals surface area (Å²) in [5.74, 6) is -1.01. The van der Waals surface area contributed by atoms with Crippen LogP contribution in [0.15, 0.2) is 0 Å². The van der Waals surface area contributed by atoms with Crippen LogP contribution in [-0.2, 0) is 19.1 Å². The minimum atomic E-state index is -0.692. The minimum Gasteiger partial charge on any atom is -0.465 e. The van der Waals surface area contributed by atoms with Crippen molar-refractivity contribution in [2.45, 2.75) is 45.6 Å². The summed E-state index contributed by atoms with van der Waals surface area (Å²) in [6, 6.07) is 0. The molecule has 0 radical (unpaired) electrons. The van der Waals surface area contributed by atoms with Crippen LogP contribution in [-0.4, -0.2) is 36.4 Å². The van der Waals surface area contributed by atoms with Crippen LogP contribution in [0.3, 0.4) is 0 Å². The number of hydrogen-bond donors (Lipinski definition) is 1. The molecule has 0 aromatic carbocycles. The second kappa shape index (κ2) is 7.36. The molecule has 1 aliphatic rings. The largest absolute Gasteiger partial charge is 0.465 e. The predicted octanol–water partition coefficient (Wildman–Crippen LogP) is 1.28. The minimum absolute atomic E-state index is 0.0836. The highest BCUT2D eigenvalue weighted by Gasteiger charge is 2.32. The summed E-state index contributed by atoms with van der Waals surface area (Å²) in [6.07, 6.45) is 1.66. The zero-order valence-corrected chi connectivity index (χ0v) is 11.1. The maximum absolute atomic E-state index is 11.4. The number of cyclic esters (lactones) is 1. The van der Waals surface area contributed by atoms with Gasteiger partial charge < -0.3 is 14.6 Å². The van der Waals surface area contributed by atoms with Gasteiger partial charge >= 0.3 is 11.9 Å². The zero-order chi connectivity index (χ0) is 13.5. The van der Waals surface area contributed by atoms with Crippen LogP contribution in [0.25, 0.3) is 0 Å². The van der Waals surface area contributed by atoms with Crippen molar-refractivity contribution in [2.24, 2.45) is 11.8 Å². The highest BCUT2D eigenvalue weighted by Crippen LogP contribution is 2.21. The van der Waals surface area contributed by atoms with Crippen LogP contribution in [0.4, 0.5) is 0 Å². The van der Waals surface area contributed by atoms with Crippen LogP contribution in [0.1, 0.15) is 39.5 Å². The van der Waals surface area contributed by atoms with Gasteiger partial charge in [-0.1, -0.05) is 13.8 Å². The fourth-order valence-corrected chi connectivity index (χ4v) is 1.84. The van der Waals surface area contributed by atoms with Gasteiger partial charge in [-0.05, 0) is 25.7 Å². The van der Waals surface area contributed by atoms with Gasteiger partial charge in [0.1, 0.15) is 0 Å². The van der Waals surface area contributed by atoms with Crippen molar-refractivity contribution in [3.05, 3.63) is 0 Å². The average Bonchev–Trinajstić information content (AvgIpc) is 2.79. The molecule has 1 heterocycles. The van der Waals surface area contributed by atoms with Crippen molar-refractivity contribution in [3.8, 4) is 0 Å². The van der Waals surface area contributed by atoms with Crippen LogP contribution in [0.2, 0.25) is 0 Å². The lowest BCUT2D eigenvalue weighted by atomic mass is 9.97. The molecule has 0 saturated carbocycles. The van der Waals surface area contributed by atoms with Gasteiger partial charge in [0.15, 0.2) is 0 Å². The lowest BCUT2D eigenvalue weighted by molar-refractivity contribution is -0.149. The van der Waals surface area contributed by atoms with Gasteiger partial charge in [0, 0.05) is 0 Å². The molecular formula is C13H22O5. The van der Waals surface area contributed by atoms with E-state index in [1.807, 2.05) is 13.8 Å². The van der Waals surface area contributed by atoms with Crippen molar-refractivity contribution in [2.75, 3.05) is 13.2 Å². The van der Waals surface area contributed by atoms with E-state index in [1.165, 1.54) is 0 Å². The van der Waals surface area contributed by atoms with Crippen molar-refractivity contribution in [1.29, 1.82) is 0 Å². The molecule has 104 valence electrons. The lowest BCUT2D eigenvalue weighted by Crippen LogP contribution is -2.25. The Morgan fingerprint density at radius 3 is 2.89 bits per heavy atom. The van der Waals surface area contributed by atoms with Gasteiger partial charge in [-0.3, -0.25) is 9.59 Å². The van der Waals surface area contributed by atoms with Crippen molar-refractivity contribution < 1.29 is 24.2 Å². The maximum Gasteiger partial charge on any atom is 0.311 e. The molecule has 1 rings (SSSR count). The first-order valence-corrected chi connectivity index (χ1v) is 6.57. The molecule has 0 bridgehead atoms. The highest BCUT2D eigenvalue weighted by atomic mass is 16.5.